The van der Waals surface area contributed by atoms with Crippen molar-refractivity contribution < 1.29 is 26.7 Å². The Morgan fingerprint density at radius 1 is 0.960 bits per heavy atom. The van der Waals surface area contributed by atoms with Gasteiger partial charge in [0.25, 0.3) is 0 Å². The lowest BCUT2D eigenvalue weighted by molar-refractivity contribution is -0.137. The number of hydrogen-bond acceptors (Lipinski definition) is 1. The van der Waals surface area contributed by atoms with E-state index in [1.807, 2.05) is 0 Å². The molecule has 7 heteroatoms. The molecular weight excluding hydrogens is 341 g/mol. The summed E-state index contributed by atoms with van der Waals surface area (Å²) in [6.45, 7) is 0.476. The van der Waals surface area contributed by atoms with Crippen molar-refractivity contribution in [3.05, 3.63) is 60.3 Å². The van der Waals surface area contributed by atoms with Crippen molar-refractivity contribution in [2.24, 2.45) is 0 Å². The summed E-state index contributed by atoms with van der Waals surface area (Å²) in [5, 5.41) is 0.478. The first-order valence-corrected chi connectivity index (χ1v) is 7.29. The van der Waals surface area contributed by atoms with E-state index in [-0.39, 0.29) is 16.6 Å². The van der Waals surface area contributed by atoms with E-state index in [4.69, 9.17) is 0 Å². The van der Waals surface area contributed by atoms with Crippen LogP contribution in [0.15, 0.2) is 54.7 Å². The minimum absolute atomic E-state index is 0.0830. The van der Waals surface area contributed by atoms with E-state index in [9.17, 15) is 26.7 Å². The van der Waals surface area contributed by atoms with Gasteiger partial charge in [-0.05, 0) is 29.3 Å². The maximum Gasteiger partial charge on any atom is 0.417 e. The number of carbonyl (C=O) groups excluding carboxylic acids is 1. The highest BCUT2D eigenvalue weighted by molar-refractivity contribution is 5.97. The Kier molecular flexibility index (Phi) is 3.89. The smallest absolute Gasteiger partial charge is 0.282 e. The van der Waals surface area contributed by atoms with Crippen LogP contribution in [0.5, 0.6) is 0 Å². The fourth-order valence-electron chi connectivity index (χ4n) is 2.67. The molecule has 0 aliphatic heterocycles. The number of benzene rings is 2. The largest absolute Gasteiger partial charge is 0.417 e. The second-order valence-electron chi connectivity index (χ2n) is 5.70. The number of fused-ring (bicyclic) bond motifs is 1. The number of halogens is 5. The average molecular weight is 353 g/mol. The van der Waals surface area contributed by atoms with Gasteiger partial charge in [0.1, 0.15) is 0 Å². The van der Waals surface area contributed by atoms with E-state index in [2.05, 4.69) is 0 Å². The molecule has 0 bridgehead atoms. The summed E-state index contributed by atoms with van der Waals surface area (Å²) < 4.78 is 67.0. The zero-order chi connectivity index (χ0) is 18.4. The molecule has 0 atom stereocenters. The number of aromatic nitrogens is 1. The number of carbonyl (C=O) groups is 1. The van der Waals surface area contributed by atoms with E-state index in [1.165, 1.54) is 48.7 Å². The van der Waals surface area contributed by atoms with Crippen LogP contribution in [0.1, 0.15) is 17.3 Å². The molecule has 3 aromatic rings. The molecule has 0 spiro atoms. The lowest BCUT2D eigenvalue weighted by Gasteiger charge is -2.14. The molecule has 0 aliphatic carbocycles. The highest BCUT2D eigenvalue weighted by Gasteiger charge is 2.35. The van der Waals surface area contributed by atoms with Crippen LogP contribution >= 0.6 is 0 Å². The van der Waals surface area contributed by atoms with Crippen molar-refractivity contribution in [1.82, 2.24) is 4.57 Å². The van der Waals surface area contributed by atoms with Crippen molar-refractivity contribution in [3.63, 3.8) is 0 Å². The van der Waals surface area contributed by atoms with Crippen LogP contribution in [-0.2, 0) is 6.18 Å². The van der Waals surface area contributed by atoms with Gasteiger partial charge >= 0.3 is 18.0 Å². The Balaban J connectivity index is 2.20. The summed E-state index contributed by atoms with van der Waals surface area (Å²) in [6, 6.07) is 10.7. The summed E-state index contributed by atoms with van der Waals surface area (Å²) in [5.74, 6) is -5.03. The minimum Gasteiger partial charge on any atom is -0.282 e. The zero-order valence-electron chi connectivity index (χ0n) is 12.9. The van der Waals surface area contributed by atoms with Gasteiger partial charge in [0.2, 0.25) is 0 Å². The third-order valence-corrected chi connectivity index (χ3v) is 3.83. The molecule has 0 saturated heterocycles. The molecular formula is C18H12F5NO. The standard InChI is InChI=1S/C18H12F5NO/c1-17(19,20)16(25)24-9-8-11-6-7-12(10-15(11)24)13-4-2-3-5-14(13)18(21,22)23/h2-10H,1H3. The van der Waals surface area contributed by atoms with E-state index >= 15 is 0 Å². The van der Waals surface area contributed by atoms with Crippen molar-refractivity contribution in [3.8, 4) is 11.1 Å². The SMILES string of the molecule is CC(F)(F)C(=O)n1ccc2ccc(-c3ccccc3C(F)(F)F)cc21. The van der Waals surface area contributed by atoms with E-state index in [0.29, 0.717) is 12.3 Å². The van der Waals surface area contributed by atoms with Crippen molar-refractivity contribution in [2.45, 2.75) is 19.0 Å². The molecule has 2 aromatic carbocycles. The molecule has 2 nitrogen and oxygen atoms in total. The van der Waals surface area contributed by atoms with Crippen LogP contribution in [-0.4, -0.2) is 16.4 Å². The molecule has 0 radical (unpaired) electrons. The van der Waals surface area contributed by atoms with Crippen LogP contribution in [0.2, 0.25) is 0 Å². The van der Waals surface area contributed by atoms with Gasteiger partial charge in [-0.25, -0.2) is 0 Å². The Hall–Kier alpha value is -2.70. The molecule has 130 valence electrons. The van der Waals surface area contributed by atoms with Crippen LogP contribution in [0.4, 0.5) is 22.0 Å². The third-order valence-electron chi connectivity index (χ3n) is 3.83. The fraction of sp³-hybridized carbons (Fsp3) is 0.167. The lowest BCUT2D eigenvalue weighted by Crippen LogP contribution is -2.29. The summed E-state index contributed by atoms with van der Waals surface area (Å²) in [5.41, 5.74) is -0.603. The maximum atomic E-state index is 13.3. The second-order valence-corrected chi connectivity index (χ2v) is 5.70. The predicted octanol–water partition coefficient (Wildman–Crippen LogP) is 5.62. The number of rotatable bonds is 2. The van der Waals surface area contributed by atoms with Gasteiger partial charge in [-0.3, -0.25) is 9.36 Å². The van der Waals surface area contributed by atoms with Gasteiger partial charge in [-0.15, -0.1) is 0 Å². The highest BCUT2D eigenvalue weighted by Crippen LogP contribution is 2.37. The number of alkyl halides is 5. The van der Waals surface area contributed by atoms with E-state index in [0.717, 1.165) is 10.6 Å². The molecule has 25 heavy (non-hydrogen) atoms. The Labute approximate surface area is 139 Å². The topological polar surface area (TPSA) is 22.0 Å². The average Bonchev–Trinajstić information content (AvgIpc) is 2.95. The molecule has 0 unspecified atom stereocenters. The van der Waals surface area contributed by atoms with Crippen LogP contribution in [0.3, 0.4) is 0 Å². The first-order valence-electron chi connectivity index (χ1n) is 7.29. The van der Waals surface area contributed by atoms with Gasteiger partial charge in [0, 0.05) is 18.5 Å². The lowest BCUT2D eigenvalue weighted by atomic mass is 9.98. The van der Waals surface area contributed by atoms with Crippen molar-refractivity contribution in [2.75, 3.05) is 0 Å². The first-order chi connectivity index (χ1) is 11.6. The van der Waals surface area contributed by atoms with E-state index < -0.39 is 23.6 Å². The normalized spacial score (nSPS) is 12.6. The quantitative estimate of drug-likeness (QED) is 0.548. The van der Waals surface area contributed by atoms with E-state index in [1.54, 1.807) is 0 Å². The third kappa shape index (κ3) is 3.14. The monoisotopic (exact) mass is 353 g/mol. The van der Waals surface area contributed by atoms with Gasteiger partial charge < -0.3 is 0 Å². The van der Waals surface area contributed by atoms with Crippen molar-refractivity contribution in [1.29, 1.82) is 0 Å². The summed E-state index contributed by atoms with van der Waals surface area (Å²) >= 11 is 0. The molecule has 3 rings (SSSR count). The maximum absolute atomic E-state index is 13.3. The molecule has 0 saturated carbocycles. The zero-order valence-corrected chi connectivity index (χ0v) is 12.9. The Bertz CT molecular complexity index is 950. The van der Waals surface area contributed by atoms with Gasteiger partial charge in [-0.2, -0.15) is 22.0 Å². The first kappa shape index (κ1) is 17.1. The van der Waals surface area contributed by atoms with Crippen LogP contribution in [0, 0.1) is 0 Å². The summed E-state index contributed by atoms with van der Waals surface area (Å²) in [7, 11) is 0. The molecule has 0 amide bonds. The van der Waals surface area contributed by atoms with Gasteiger partial charge in [-0.1, -0.05) is 30.3 Å². The van der Waals surface area contributed by atoms with Crippen LogP contribution < -0.4 is 0 Å². The number of nitrogens with zero attached hydrogens (tertiary/aromatic N) is 1. The summed E-state index contributed by atoms with van der Waals surface area (Å²) in [4.78, 5) is 11.8. The minimum atomic E-state index is -4.56. The van der Waals surface area contributed by atoms with Crippen molar-refractivity contribution >= 4 is 16.8 Å². The predicted molar refractivity (Wildman–Crippen MR) is 83.6 cm³/mol. The Morgan fingerprint density at radius 3 is 2.28 bits per heavy atom. The molecule has 0 aliphatic rings. The molecule has 1 aromatic heterocycles. The summed E-state index contributed by atoms with van der Waals surface area (Å²) in [6.07, 6.45) is -3.37. The Morgan fingerprint density at radius 2 is 1.64 bits per heavy atom. The van der Waals surface area contributed by atoms with Gasteiger partial charge in [0.15, 0.2) is 0 Å². The fourth-order valence-corrected chi connectivity index (χ4v) is 2.67. The molecule has 0 fully saturated rings. The molecule has 0 N–H and O–H groups in total. The highest BCUT2D eigenvalue weighted by atomic mass is 19.4. The van der Waals surface area contributed by atoms with Crippen LogP contribution in [0.25, 0.3) is 22.0 Å². The molecule has 1 heterocycles. The second kappa shape index (κ2) is 5.68. The van der Waals surface area contributed by atoms with Gasteiger partial charge in [0.05, 0.1) is 11.1 Å². The number of hydrogen-bond donors (Lipinski definition) is 0.